The van der Waals surface area contributed by atoms with Crippen molar-refractivity contribution < 1.29 is 9.18 Å². The molecular formula is C14H15FN4O. The molecule has 2 heterocycles. The summed E-state index contributed by atoms with van der Waals surface area (Å²) < 4.78 is 13.6. The summed E-state index contributed by atoms with van der Waals surface area (Å²) in [6, 6.07) is 2.49. The summed E-state index contributed by atoms with van der Waals surface area (Å²) in [5.41, 5.74) is 6.95. The molecule has 0 radical (unpaired) electrons. The first-order valence-corrected chi connectivity index (χ1v) is 6.60. The fourth-order valence-electron chi connectivity index (χ4n) is 2.57. The second-order valence-electron chi connectivity index (χ2n) is 5.03. The number of fused-ring (bicyclic) bond motifs is 1. The zero-order valence-electron chi connectivity index (χ0n) is 10.9. The fraction of sp³-hybridized carbons (Fsp3) is 0.357. The largest absolute Gasteiger partial charge is 0.337 e. The molecule has 1 aliphatic heterocycles. The van der Waals surface area contributed by atoms with E-state index in [0.717, 1.165) is 12.8 Å². The van der Waals surface area contributed by atoms with Crippen molar-refractivity contribution in [1.82, 2.24) is 14.9 Å². The van der Waals surface area contributed by atoms with Crippen molar-refractivity contribution >= 4 is 16.9 Å². The van der Waals surface area contributed by atoms with E-state index in [1.54, 1.807) is 4.90 Å². The van der Waals surface area contributed by atoms with E-state index in [1.165, 1.54) is 24.5 Å². The van der Waals surface area contributed by atoms with Gasteiger partial charge in [-0.1, -0.05) is 0 Å². The topological polar surface area (TPSA) is 72.1 Å². The predicted molar refractivity (Wildman–Crippen MR) is 72.6 cm³/mol. The molecule has 0 unspecified atom stereocenters. The summed E-state index contributed by atoms with van der Waals surface area (Å²) in [6.07, 6.45) is 4.76. The number of hydrogen-bond acceptors (Lipinski definition) is 4. The predicted octanol–water partition coefficient (Wildman–Crippen LogP) is 1.33. The van der Waals surface area contributed by atoms with Gasteiger partial charge in [0, 0.05) is 37.6 Å². The molecule has 1 fully saturated rings. The summed E-state index contributed by atoms with van der Waals surface area (Å²) in [4.78, 5) is 22.4. The first kappa shape index (κ1) is 12.9. The summed E-state index contributed by atoms with van der Waals surface area (Å²) in [7, 11) is 0. The molecule has 104 valence electrons. The first-order valence-electron chi connectivity index (χ1n) is 6.60. The number of benzene rings is 1. The third-order valence-corrected chi connectivity index (χ3v) is 3.51. The van der Waals surface area contributed by atoms with Crippen molar-refractivity contribution in [1.29, 1.82) is 0 Å². The minimum absolute atomic E-state index is 0.0152. The van der Waals surface area contributed by atoms with Gasteiger partial charge in [0.1, 0.15) is 11.3 Å². The van der Waals surface area contributed by atoms with Crippen LogP contribution in [0.3, 0.4) is 0 Å². The van der Waals surface area contributed by atoms with Crippen LogP contribution in [-0.2, 0) is 0 Å². The van der Waals surface area contributed by atoms with Crippen LogP contribution in [0.5, 0.6) is 0 Å². The maximum absolute atomic E-state index is 13.6. The van der Waals surface area contributed by atoms with Crippen LogP contribution >= 0.6 is 0 Å². The van der Waals surface area contributed by atoms with E-state index >= 15 is 0 Å². The Kier molecular flexibility index (Phi) is 3.31. The van der Waals surface area contributed by atoms with Gasteiger partial charge >= 0.3 is 0 Å². The molecule has 6 heteroatoms. The van der Waals surface area contributed by atoms with Crippen molar-refractivity contribution in [2.75, 3.05) is 13.1 Å². The monoisotopic (exact) mass is 274 g/mol. The van der Waals surface area contributed by atoms with Crippen molar-refractivity contribution in [3.63, 3.8) is 0 Å². The summed E-state index contributed by atoms with van der Waals surface area (Å²) in [5, 5.41) is 0. The van der Waals surface area contributed by atoms with Gasteiger partial charge in [-0.05, 0) is 18.9 Å². The number of nitrogens with two attached hydrogens (primary N) is 1. The fourth-order valence-corrected chi connectivity index (χ4v) is 2.57. The second kappa shape index (κ2) is 5.13. The number of rotatable bonds is 1. The standard InChI is InChI=1S/C14H15FN4O/c15-9-6-11(13-12(7-9)17-3-4-18-13)14(20)19-5-1-2-10(16)8-19/h3-4,6-7,10H,1-2,5,8,16H2/t10-/m1/s1. The number of halogens is 1. The highest BCUT2D eigenvalue weighted by molar-refractivity contribution is 6.04. The SMILES string of the molecule is N[C@@H]1CCCN(C(=O)c2cc(F)cc3nccnc23)C1. The normalized spacial score (nSPS) is 19.3. The van der Waals surface area contributed by atoms with E-state index in [9.17, 15) is 9.18 Å². The van der Waals surface area contributed by atoms with Crippen molar-refractivity contribution in [2.24, 2.45) is 5.73 Å². The molecule has 0 saturated carbocycles. The van der Waals surface area contributed by atoms with Gasteiger partial charge in [0.25, 0.3) is 5.91 Å². The maximum Gasteiger partial charge on any atom is 0.256 e. The number of carbonyl (C=O) groups excluding carboxylic acids is 1. The molecule has 5 nitrogen and oxygen atoms in total. The second-order valence-corrected chi connectivity index (χ2v) is 5.03. The average Bonchev–Trinajstić information content (AvgIpc) is 2.45. The molecule has 1 atom stereocenters. The van der Waals surface area contributed by atoms with Crippen LogP contribution < -0.4 is 5.73 Å². The first-order chi connectivity index (χ1) is 9.65. The van der Waals surface area contributed by atoms with Crippen LogP contribution in [0.4, 0.5) is 4.39 Å². The lowest BCUT2D eigenvalue weighted by Crippen LogP contribution is -2.45. The molecule has 1 amide bonds. The molecule has 3 rings (SSSR count). The zero-order chi connectivity index (χ0) is 14.1. The third kappa shape index (κ3) is 2.34. The lowest BCUT2D eigenvalue weighted by atomic mass is 10.0. The van der Waals surface area contributed by atoms with Gasteiger partial charge in [0.05, 0.1) is 11.1 Å². The minimum Gasteiger partial charge on any atom is -0.337 e. The number of hydrogen-bond donors (Lipinski definition) is 1. The lowest BCUT2D eigenvalue weighted by Gasteiger charge is -2.30. The molecule has 0 aliphatic carbocycles. The van der Waals surface area contributed by atoms with Gasteiger partial charge in [-0.15, -0.1) is 0 Å². The van der Waals surface area contributed by atoms with Gasteiger partial charge in [-0.2, -0.15) is 0 Å². The molecule has 2 N–H and O–H groups in total. The Morgan fingerprint density at radius 3 is 2.95 bits per heavy atom. The number of likely N-dealkylation sites (tertiary alicyclic amines) is 1. The van der Waals surface area contributed by atoms with Crippen molar-refractivity contribution in [2.45, 2.75) is 18.9 Å². The van der Waals surface area contributed by atoms with Crippen LogP contribution in [0.2, 0.25) is 0 Å². The molecule has 20 heavy (non-hydrogen) atoms. The Hall–Kier alpha value is -2.08. The number of carbonyl (C=O) groups is 1. The highest BCUT2D eigenvalue weighted by Crippen LogP contribution is 2.20. The van der Waals surface area contributed by atoms with Crippen molar-refractivity contribution in [3.05, 3.63) is 35.9 Å². The Labute approximate surface area is 115 Å². The molecule has 1 aromatic carbocycles. The Balaban J connectivity index is 2.02. The smallest absolute Gasteiger partial charge is 0.256 e. The van der Waals surface area contributed by atoms with Gasteiger partial charge < -0.3 is 10.6 Å². The van der Waals surface area contributed by atoms with Gasteiger partial charge in [0.2, 0.25) is 0 Å². The molecule has 2 aromatic rings. The molecule has 1 aromatic heterocycles. The summed E-state index contributed by atoms with van der Waals surface area (Å²) >= 11 is 0. The van der Waals surface area contributed by atoms with E-state index in [1.807, 2.05) is 0 Å². The number of amides is 1. The maximum atomic E-state index is 13.6. The van der Waals surface area contributed by atoms with Crippen LogP contribution in [0, 0.1) is 5.82 Å². The highest BCUT2D eigenvalue weighted by Gasteiger charge is 2.24. The number of nitrogens with zero attached hydrogens (tertiary/aromatic N) is 3. The number of aromatic nitrogens is 2. The van der Waals surface area contributed by atoms with Crippen LogP contribution in [-0.4, -0.2) is 39.9 Å². The zero-order valence-corrected chi connectivity index (χ0v) is 10.9. The van der Waals surface area contributed by atoms with E-state index in [0.29, 0.717) is 24.1 Å². The molecule has 0 spiro atoms. The van der Waals surface area contributed by atoms with Gasteiger partial charge in [-0.25, -0.2) is 4.39 Å². The Morgan fingerprint density at radius 2 is 2.15 bits per heavy atom. The average molecular weight is 274 g/mol. The highest BCUT2D eigenvalue weighted by atomic mass is 19.1. The molecular weight excluding hydrogens is 259 g/mol. The summed E-state index contributed by atoms with van der Waals surface area (Å²) in [6.45, 7) is 1.14. The van der Waals surface area contributed by atoms with E-state index in [2.05, 4.69) is 9.97 Å². The molecule has 0 bridgehead atoms. The number of piperidine rings is 1. The van der Waals surface area contributed by atoms with Crippen LogP contribution in [0.25, 0.3) is 11.0 Å². The quantitative estimate of drug-likeness (QED) is 0.851. The molecule has 1 aliphatic rings. The molecule has 1 saturated heterocycles. The Morgan fingerprint density at radius 1 is 1.35 bits per heavy atom. The van der Waals surface area contributed by atoms with E-state index in [-0.39, 0.29) is 17.5 Å². The van der Waals surface area contributed by atoms with Gasteiger partial charge in [-0.3, -0.25) is 14.8 Å². The Bertz CT molecular complexity index is 661. The van der Waals surface area contributed by atoms with Gasteiger partial charge in [0.15, 0.2) is 0 Å². The summed E-state index contributed by atoms with van der Waals surface area (Å²) in [5.74, 6) is -0.715. The minimum atomic E-state index is -0.484. The van der Waals surface area contributed by atoms with E-state index in [4.69, 9.17) is 5.73 Å². The van der Waals surface area contributed by atoms with Crippen molar-refractivity contribution in [3.8, 4) is 0 Å². The van der Waals surface area contributed by atoms with E-state index < -0.39 is 5.82 Å². The third-order valence-electron chi connectivity index (χ3n) is 3.51. The lowest BCUT2D eigenvalue weighted by molar-refractivity contribution is 0.0710. The van der Waals surface area contributed by atoms with Crippen LogP contribution in [0.1, 0.15) is 23.2 Å². The van der Waals surface area contributed by atoms with Crippen LogP contribution in [0.15, 0.2) is 24.5 Å².